The second-order valence-electron chi connectivity index (χ2n) is 6.08. The number of amides is 1. The summed E-state index contributed by atoms with van der Waals surface area (Å²) < 4.78 is 38.0. The maximum atomic E-state index is 12.7. The van der Waals surface area contributed by atoms with Gasteiger partial charge in [-0.3, -0.25) is 4.79 Å². The zero-order valence-corrected chi connectivity index (χ0v) is 12.8. The van der Waals surface area contributed by atoms with Crippen LogP contribution >= 0.6 is 0 Å². The first-order valence-corrected chi connectivity index (χ1v) is 7.40. The number of nitrogens with zero attached hydrogens (tertiary/aromatic N) is 1. The Morgan fingerprint density at radius 3 is 2.77 bits per heavy atom. The highest BCUT2D eigenvalue weighted by molar-refractivity contribution is 5.79. The molecule has 0 radical (unpaired) electrons. The third kappa shape index (κ3) is 4.47. The number of piperidine rings is 1. The van der Waals surface area contributed by atoms with Gasteiger partial charge in [-0.15, -0.1) is 0 Å². The van der Waals surface area contributed by atoms with E-state index in [-0.39, 0.29) is 18.4 Å². The lowest BCUT2D eigenvalue weighted by atomic mass is 9.94. The molecule has 3 nitrogen and oxygen atoms in total. The molecule has 0 spiro atoms. The van der Waals surface area contributed by atoms with Crippen LogP contribution in [0.1, 0.15) is 24.5 Å². The van der Waals surface area contributed by atoms with E-state index in [0.717, 1.165) is 31.6 Å². The van der Waals surface area contributed by atoms with Crippen molar-refractivity contribution in [3.8, 4) is 0 Å². The first-order chi connectivity index (χ1) is 10.3. The molecular weight excluding hydrogens is 293 g/mol. The molecule has 1 N–H and O–H groups in total. The second kappa shape index (κ2) is 6.69. The van der Waals surface area contributed by atoms with Gasteiger partial charge in [0.1, 0.15) is 0 Å². The van der Waals surface area contributed by atoms with Crippen LogP contribution in [0.3, 0.4) is 0 Å². The van der Waals surface area contributed by atoms with Gasteiger partial charge in [-0.1, -0.05) is 25.1 Å². The van der Waals surface area contributed by atoms with Gasteiger partial charge in [0.05, 0.1) is 12.0 Å². The number of alkyl halides is 3. The zero-order valence-electron chi connectivity index (χ0n) is 12.8. The van der Waals surface area contributed by atoms with Gasteiger partial charge in [-0.25, -0.2) is 0 Å². The van der Waals surface area contributed by atoms with Crippen LogP contribution in [0.2, 0.25) is 0 Å². The molecule has 1 aromatic rings. The second-order valence-corrected chi connectivity index (χ2v) is 6.08. The Balaban J connectivity index is 1.95. The van der Waals surface area contributed by atoms with Crippen LogP contribution in [0, 0.1) is 5.92 Å². The van der Waals surface area contributed by atoms with Gasteiger partial charge < -0.3 is 10.2 Å². The van der Waals surface area contributed by atoms with Crippen molar-refractivity contribution >= 4 is 5.91 Å². The fourth-order valence-corrected chi connectivity index (χ4v) is 2.87. The van der Waals surface area contributed by atoms with Gasteiger partial charge in [0.15, 0.2) is 0 Å². The van der Waals surface area contributed by atoms with Gasteiger partial charge >= 0.3 is 6.18 Å². The molecule has 0 aromatic heterocycles. The molecule has 2 atom stereocenters. The van der Waals surface area contributed by atoms with Crippen LogP contribution in [-0.4, -0.2) is 37.0 Å². The Labute approximate surface area is 128 Å². The molecule has 0 saturated carbocycles. The van der Waals surface area contributed by atoms with E-state index < -0.39 is 11.7 Å². The molecule has 1 aliphatic rings. The molecular formula is C16H21F3N2O. The number of hydrogen-bond donors (Lipinski definition) is 1. The van der Waals surface area contributed by atoms with Gasteiger partial charge in [0.2, 0.25) is 5.91 Å². The molecule has 1 amide bonds. The van der Waals surface area contributed by atoms with E-state index in [1.54, 1.807) is 6.07 Å². The van der Waals surface area contributed by atoms with Crippen molar-refractivity contribution < 1.29 is 18.0 Å². The van der Waals surface area contributed by atoms with Crippen LogP contribution in [0.15, 0.2) is 24.3 Å². The van der Waals surface area contributed by atoms with Crippen LogP contribution in [0.25, 0.3) is 0 Å². The monoisotopic (exact) mass is 314 g/mol. The van der Waals surface area contributed by atoms with Crippen LogP contribution in [0.5, 0.6) is 0 Å². The molecule has 0 unspecified atom stereocenters. The summed E-state index contributed by atoms with van der Waals surface area (Å²) in [6.45, 7) is 3.90. The molecule has 1 aliphatic heterocycles. The highest BCUT2D eigenvalue weighted by Crippen LogP contribution is 2.29. The van der Waals surface area contributed by atoms with E-state index in [4.69, 9.17) is 0 Å². The fraction of sp³-hybridized carbons (Fsp3) is 0.562. The summed E-state index contributed by atoms with van der Waals surface area (Å²) >= 11 is 0. The number of benzene rings is 1. The number of nitrogens with one attached hydrogen (secondary N) is 1. The van der Waals surface area contributed by atoms with E-state index in [1.165, 1.54) is 6.07 Å². The summed E-state index contributed by atoms with van der Waals surface area (Å²) in [5, 5.41) is 2.95. The van der Waals surface area contributed by atoms with E-state index in [1.807, 2.05) is 7.05 Å². The zero-order chi connectivity index (χ0) is 16.3. The van der Waals surface area contributed by atoms with Crippen LogP contribution in [-0.2, 0) is 17.4 Å². The van der Waals surface area contributed by atoms with Crippen molar-refractivity contribution in [2.24, 2.45) is 5.92 Å². The van der Waals surface area contributed by atoms with E-state index in [2.05, 4.69) is 17.1 Å². The quantitative estimate of drug-likeness (QED) is 0.930. The Hall–Kier alpha value is -1.56. The molecule has 2 rings (SSSR count). The third-order valence-electron chi connectivity index (χ3n) is 4.07. The van der Waals surface area contributed by atoms with Crippen molar-refractivity contribution in [2.75, 3.05) is 20.1 Å². The van der Waals surface area contributed by atoms with E-state index >= 15 is 0 Å². The SMILES string of the molecule is C[C@H]1CN(C)CC[C@@H]1NC(=O)Cc1cccc(C(F)(F)F)c1. The van der Waals surface area contributed by atoms with E-state index in [9.17, 15) is 18.0 Å². The smallest absolute Gasteiger partial charge is 0.353 e. The number of halogens is 3. The van der Waals surface area contributed by atoms with Crippen molar-refractivity contribution in [1.29, 1.82) is 0 Å². The standard InChI is InChI=1S/C16H21F3N2O/c1-11-10-21(2)7-6-14(11)20-15(22)9-12-4-3-5-13(8-12)16(17,18)19/h3-5,8,11,14H,6-7,9-10H2,1-2H3,(H,20,22)/t11-,14-/m0/s1. The highest BCUT2D eigenvalue weighted by Gasteiger charge is 2.30. The summed E-state index contributed by atoms with van der Waals surface area (Å²) in [6.07, 6.45) is -3.54. The Bertz CT molecular complexity index is 530. The predicted molar refractivity (Wildman–Crippen MR) is 78.4 cm³/mol. The molecule has 6 heteroatoms. The largest absolute Gasteiger partial charge is 0.416 e. The number of carbonyl (C=O) groups excluding carboxylic acids is 1. The Morgan fingerprint density at radius 2 is 2.14 bits per heavy atom. The minimum Gasteiger partial charge on any atom is -0.353 e. The normalized spacial score (nSPS) is 23.3. The molecule has 1 fully saturated rings. The van der Waals surface area contributed by atoms with Gasteiger partial charge in [-0.05, 0) is 37.6 Å². The van der Waals surface area contributed by atoms with Crippen molar-refractivity contribution in [3.05, 3.63) is 35.4 Å². The number of carbonyl (C=O) groups is 1. The van der Waals surface area contributed by atoms with Crippen molar-refractivity contribution in [3.63, 3.8) is 0 Å². The first-order valence-electron chi connectivity index (χ1n) is 7.40. The Kier molecular flexibility index (Phi) is 5.11. The summed E-state index contributed by atoms with van der Waals surface area (Å²) in [7, 11) is 2.04. The molecule has 22 heavy (non-hydrogen) atoms. The third-order valence-corrected chi connectivity index (χ3v) is 4.07. The lowest BCUT2D eigenvalue weighted by Crippen LogP contribution is -2.49. The molecule has 1 saturated heterocycles. The van der Waals surface area contributed by atoms with Gasteiger partial charge in [-0.2, -0.15) is 13.2 Å². The molecule has 1 heterocycles. The van der Waals surface area contributed by atoms with Crippen molar-refractivity contribution in [1.82, 2.24) is 10.2 Å². The number of hydrogen-bond acceptors (Lipinski definition) is 2. The van der Waals surface area contributed by atoms with Crippen LogP contribution < -0.4 is 5.32 Å². The maximum Gasteiger partial charge on any atom is 0.416 e. The molecule has 1 aromatic carbocycles. The summed E-state index contributed by atoms with van der Waals surface area (Å²) in [5.41, 5.74) is -0.335. The number of likely N-dealkylation sites (tertiary alicyclic amines) is 1. The molecule has 0 bridgehead atoms. The summed E-state index contributed by atoms with van der Waals surface area (Å²) in [5.74, 6) is 0.116. The van der Waals surface area contributed by atoms with E-state index in [0.29, 0.717) is 11.5 Å². The minimum absolute atomic E-state index is 0.0248. The minimum atomic E-state index is -4.38. The van der Waals surface area contributed by atoms with Gasteiger partial charge in [0.25, 0.3) is 0 Å². The molecule has 0 aliphatic carbocycles. The van der Waals surface area contributed by atoms with Crippen molar-refractivity contribution in [2.45, 2.75) is 32.0 Å². The van der Waals surface area contributed by atoms with Crippen LogP contribution in [0.4, 0.5) is 13.2 Å². The average Bonchev–Trinajstić information content (AvgIpc) is 2.41. The summed E-state index contributed by atoms with van der Waals surface area (Å²) in [6, 6.07) is 5.03. The lowest BCUT2D eigenvalue weighted by Gasteiger charge is -2.35. The fourth-order valence-electron chi connectivity index (χ4n) is 2.87. The lowest BCUT2D eigenvalue weighted by molar-refractivity contribution is -0.137. The number of rotatable bonds is 3. The molecule has 122 valence electrons. The summed E-state index contributed by atoms with van der Waals surface area (Å²) in [4.78, 5) is 14.3. The maximum absolute atomic E-state index is 12.7. The Morgan fingerprint density at radius 1 is 1.41 bits per heavy atom. The predicted octanol–water partition coefficient (Wildman–Crippen LogP) is 2.70. The van der Waals surface area contributed by atoms with Gasteiger partial charge in [0, 0.05) is 12.6 Å². The highest BCUT2D eigenvalue weighted by atomic mass is 19.4. The topological polar surface area (TPSA) is 32.3 Å². The first kappa shape index (κ1) is 16.8. The average molecular weight is 314 g/mol.